The van der Waals surface area contributed by atoms with Crippen molar-refractivity contribution in [3.8, 4) is 0 Å². The summed E-state index contributed by atoms with van der Waals surface area (Å²) in [4.78, 5) is 13.2. The number of carbonyl (C=O) groups excluding carboxylic acids is 1. The Bertz CT molecular complexity index is 471. The van der Waals surface area contributed by atoms with Crippen LogP contribution < -0.4 is 0 Å². The molecule has 4 heteroatoms. The van der Waals surface area contributed by atoms with Crippen LogP contribution >= 0.6 is 0 Å². The van der Waals surface area contributed by atoms with E-state index in [0.29, 0.717) is 17.7 Å². The molecule has 0 amide bonds. The number of rotatable bonds is 5. The van der Waals surface area contributed by atoms with Gasteiger partial charge in [0, 0.05) is 23.7 Å². The van der Waals surface area contributed by atoms with Gasteiger partial charge in [-0.15, -0.1) is 0 Å². The maximum absolute atomic E-state index is 13.7. The van der Waals surface area contributed by atoms with Gasteiger partial charge in [0.2, 0.25) is 0 Å². The van der Waals surface area contributed by atoms with Gasteiger partial charge >= 0.3 is 5.97 Å². The smallest absolute Gasteiger partial charge is 0.333 e. The van der Waals surface area contributed by atoms with Crippen LogP contribution in [0.4, 0.5) is 4.39 Å². The van der Waals surface area contributed by atoms with Crippen LogP contribution in [0, 0.1) is 5.82 Å². The van der Waals surface area contributed by atoms with Gasteiger partial charge < -0.3 is 4.74 Å². The summed E-state index contributed by atoms with van der Waals surface area (Å²) in [5, 5.41) is 0. The maximum atomic E-state index is 13.7. The fourth-order valence-electron chi connectivity index (χ4n) is 1.73. The zero-order valence-electron chi connectivity index (χ0n) is 11.8. The number of ether oxygens (including phenoxy) is 1. The summed E-state index contributed by atoms with van der Waals surface area (Å²) in [6.45, 7) is 4.18. The molecule has 104 valence electrons. The first-order chi connectivity index (χ1) is 8.97. The minimum absolute atomic E-state index is 0.0668. The summed E-state index contributed by atoms with van der Waals surface area (Å²) >= 11 is 0. The highest BCUT2D eigenvalue weighted by atomic mass is 19.1. The van der Waals surface area contributed by atoms with Crippen LogP contribution in [0.2, 0.25) is 0 Å². The normalized spacial score (nSPS) is 13.5. The van der Waals surface area contributed by atoms with E-state index in [1.807, 2.05) is 24.9 Å². The monoisotopic (exact) mass is 265 g/mol. The lowest BCUT2D eigenvalue weighted by Crippen LogP contribution is -2.23. The Morgan fingerprint density at radius 2 is 2.11 bits per heavy atom. The molecule has 1 atom stereocenters. The van der Waals surface area contributed by atoms with Gasteiger partial charge in [-0.2, -0.15) is 0 Å². The van der Waals surface area contributed by atoms with Crippen molar-refractivity contribution < 1.29 is 13.9 Å². The van der Waals surface area contributed by atoms with Gasteiger partial charge in [0.15, 0.2) is 0 Å². The zero-order valence-corrected chi connectivity index (χ0v) is 11.8. The third kappa shape index (κ3) is 4.17. The number of halogens is 1. The third-order valence-electron chi connectivity index (χ3n) is 3.21. The summed E-state index contributed by atoms with van der Waals surface area (Å²) in [7, 11) is 3.24. The molecule has 19 heavy (non-hydrogen) atoms. The molecule has 0 heterocycles. The largest absolute Gasteiger partial charge is 0.466 e. The Morgan fingerprint density at radius 1 is 1.47 bits per heavy atom. The minimum Gasteiger partial charge on any atom is -0.466 e. The molecular formula is C15H20FNO2. The van der Waals surface area contributed by atoms with Crippen molar-refractivity contribution in [3.63, 3.8) is 0 Å². The lowest BCUT2D eigenvalue weighted by Gasteiger charge is -2.24. The number of esters is 1. The van der Waals surface area contributed by atoms with Crippen molar-refractivity contribution in [2.45, 2.75) is 19.9 Å². The topological polar surface area (TPSA) is 29.5 Å². The molecule has 0 spiro atoms. The number of methoxy groups -OCH3 is 1. The molecule has 0 aliphatic heterocycles. The first-order valence-electron chi connectivity index (χ1n) is 6.17. The Kier molecular flexibility index (Phi) is 5.70. The molecule has 1 aromatic rings. The van der Waals surface area contributed by atoms with E-state index < -0.39 is 0 Å². The molecule has 0 fully saturated rings. The lowest BCUT2D eigenvalue weighted by atomic mass is 10.1. The van der Waals surface area contributed by atoms with Crippen molar-refractivity contribution in [2.75, 3.05) is 20.7 Å². The molecule has 1 aromatic carbocycles. The highest BCUT2D eigenvalue weighted by Crippen LogP contribution is 2.21. The van der Waals surface area contributed by atoms with Gasteiger partial charge in [-0.05, 0) is 27.0 Å². The Balaban J connectivity index is 2.71. The SMILES string of the molecule is COC(=O)C(C)=CCN(C)C(C)c1ccccc1F. The zero-order chi connectivity index (χ0) is 14.4. The van der Waals surface area contributed by atoms with Crippen molar-refractivity contribution >= 4 is 5.97 Å². The molecule has 0 aromatic heterocycles. The number of benzene rings is 1. The molecule has 1 rings (SSSR count). The van der Waals surface area contributed by atoms with E-state index in [0.717, 1.165) is 0 Å². The van der Waals surface area contributed by atoms with Gasteiger partial charge in [-0.3, -0.25) is 4.90 Å². The predicted octanol–water partition coefficient (Wildman–Crippen LogP) is 2.94. The van der Waals surface area contributed by atoms with Gasteiger partial charge in [0.1, 0.15) is 5.82 Å². The number of likely N-dealkylation sites (N-methyl/N-ethyl adjacent to an activating group) is 1. The number of hydrogen-bond donors (Lipinski definition) is 0. The van der Waals surface area contributed by atoms with Crippen LogP contribution in [-0.4, -0.2) is 31.6 Å². The van der Waals surface area contributed by atoms with Crippen LogP contribution in [0.5, 0.6) is 0 Å². The van der Waals surface area contributed by atoms with Crippen LogP contribution in [-0.2, 0) is 9.53 Å². The van der Waals surface area contributed by atoms with Gasteiger partial charge in [-0.25, -0.2) is 9.18 Å². The van der Waals surface area contributed by atoms with Crippen molar-refractivity contribution in [1.29, 1.82) is 0 Å². The average Bonchev–Trinajstić information content (AvgIpc) is 2.43. The molecule has 0 radical (unpaired) electrons. The second-order valence-corrected chi connectivity index (χ2v) is 4.52. The molecule has 0 saturated carbocycles. The molecule has 0 aliphatic rings. The standard InChI is InChI=1S/C15H20FNO2/c1-11(15(18)19-4)9-10-17(3)12(2)13-7-5-6-8-14(13)16/h5-9,12H,10H2,1-4H3. The summed E-state index contributed by atoms with van der Waals surface area (Å²) in [5.41, 5.74) is 1.20. The van der Waals surface area contributed by atoms with E-state index in [-0.39, 0.29) is 17.8 Å². The van der Waals surface area contributed by atoms with E-state index in [9.17, 15) is 9.18 Å². The number of nitrogens with zero attached hydrogens (tertiary/aromatic N) is 1. The Hall–Kier alpha value is -1.68. The number of carbonyl (C=O) groups is 1. The summed E-state index contributed by atoms with van der Waals surface area (Å²) in [5.74, 6) is -0.553. The van der Waals surface area contributed by atoms with E-state index in [4.69, 9.17) is 0 Å². The quantitative estimate of drug-likeness (QED) is 0.605. The van der Waals surface area contributed by atoms with Gasteiger partial charge in [-0.1, -0.05) is 24.3 Å². The fourth-order valence-corrected chi connectivity index (χ4v) is 1.73. The molecule has 3 nitrogen and oxygen atoms in total. The average molecular weight is 265 g/mol. The van der Waals surface area contributed by atoms with Crippen LogP contribution in [0.1, 0.15) is 25.5 Å². The first-order valence-corrected chi connectivity index (χ1v) is 6.17. The molecular weight excluding hydrogens is 245 g/mol. The van der Waals surface area contributed by atoms with Crippen LogP contribution in [0.25, 0.3) is 0 Å². The fraction of sp³-hybridized carbons (Fsp3) is 0.400. The molecule has 0 saturated heterocycles. The van der Waals surface area contributed by atoms with E-state index >= 15 is 0 Å². The van der Waals surface area contributed by atoms with Crippen LogP contribution in [0.3, 0.4) is 0 Å². The predicted molar refractivity (Wildman–Crippen MR) is 73.2 cm³/mol. The Morgan fingerprint density at radius 3 is 2.68 bits per heavy atom. The summed E-state index contributed by atoms with van der Waals surface area (Å²) < 4.78 is 18.3. The molecule has 0 bridgehead atoms. The van der Waals surface area contributed by atoms with Crippen LogP contribution in [0.15, 0.2) is 35.9 Å². The van der Waals surface area contributed by atoms with E-state index in [1.54, 1.807) is 25.1 Å². The summed E-state index contributed by atoms with van der Waals surface area (Å²) in [6.07, 6.45) is 1.78. The maximum Gasteiger partial charge on any atom is 0.333 e. The molecule has 1 unspecified atom stereocenters. The summed E-state index contributed by atoms with van der Waals surface area (Å²) in [6, 6.07) is 6.65. The lowest BCUT2D eigenvalue weighted by molar-refractivity contribution is -0.136. The van der Waals surface area contributed by atoms with E-state index in [2.05, 4.69) is 4.74 Å². The second-order valence-electron chi connectivity index (χ2n) is 4.52. The highest BCUT2D eigenvalue weighted by molar-refractivity contribution is 5.87. The first kappa shape index (κ1) is 15.4. The number of hydrogen-bond acceptors (Lipinski definition) is 3. The molecule has 0 N–H and O–H groups in total. The highest BCUT2D eigenvalue weighted by Gasteiger charge is 2.14. The Labute approximate surface area is 113 Å². The van der Waals surface area contributed by atoms with E-state index in [1.165, 1.54) is 13.2 Å². The second kappa shape index (κ2) is 7.04. The van der Waals surface area contributed by atoms with Crippen molar-refractivity contribution in [2.24, 2.45) is 0 Å². The van der Waals surface area contributed by atoms with Crippen molar-refractivity contribution in [1.82, 2.24) is 4.90 Å². The third-order valence-corrected chi connectivity index (χ3v) is 3.21. The van der Waals surface area contributed by atoms with Gasteiger partial charge in [0.05, 0.1) is 7.11 Å². The van der Waals surface area contributed by atoms with Crippen molar-refractivity contribution in [3.05, 3.63) is 47.3 Å². The minimum atomic E-state index is -0.341. The van der Waals surface area contributed by atoms with Gasteiger partial charge in [0.25, 0.3) is 0 Å². The molecule has 0 aliphatic carbocycles.